The molecule has 0 aromatic carbocycles. The number of nitrogens with one attached hydrogen (secondary N) is 1. The fraction of sp³-hybridized carbons (Fsp3) is 0.462. The summed E-state index contributed by atoms with van der Waals surface area (Å²) in [5.74, 6) is -0.974. The zero-order valence-electron chi connectivity index (χ0n) is 11.6. The highest BCUT2D eigenvalue weighted by Gasteiger charge is 2.13. The Morgan fingerprint density at radius 1 is 1.45 bits per heavy atom. The van der Waals surface area contributed by atoms with Gasteiger partial charge in [0.2, 0.25) is 0 Å². The van der Waals surface area contributed by atoms with Crippen molar-refractivity contribution in [1.29, 1.82) is 0 Å². The smallest absolute Gasteiger partial charge is 0.340 e. The fourth-order valence-corrected chi connectivity index (χ4v) is 1.46. The Bertz CT molecular complexity index is 477. The number of nitrogen functional groups attached to an aromatic ring is 1. The van der Waals surface area contributed by atoms with E-state index in [-0.39, 0.29) is 18.1 Å². The van der Waals surface area contributed by atoms with Crippen molar-refractivity contribution in [2.75, 3.05) is 32.6 Å². The standard InChI is InChI=1S/C13H19N3O4/c1-9-11(6-10(14)7-16-9)13(18)20-8-12(17)15-4-3-5-19-2/h6-7H,3-5,8,14H2,1-2H3,(H,15,17). The van der Waals surface area contributed by atoms with E-state index in [1.54, 1.807) is 14.0 Å². The van der Waals surface area contributed by atoms with E-state index >= 15 is 0 Å². The Labute approximate surface area is 117 Å². The van der Waals surface area contributed by atoms with E-state index in [1.165, 1.54) is 12.3 Å². The van der Waals surface area contributed by atoms with Gasteiger partial charge in [-0.05, 0) is 19.4 Å². The Morgan fingerprint density at radius 2 is 2.20 bits per heavy atom. The number of carbonyl (C=O) groups is 2. The summed E-state index contributed by atoms with van der Waals surface area (Å²) in [6.45, 7) is 2.37. The van der Waals surface area contributed by atoms with E-state index in [0.29, 0.717) is 31.0 Å². The number of hydrogen-bond donors (Lipinski definition) is 2. The van der Waals surface area contributed by atoms with Crippen molar-refractivity contribution in [3.05, 3.63) is 23.5 Å². The minimum absolute atomic E-state index is 0.261. The largest absolute Gasteiger partial charge is 0.452 e. The molecule has 0 aliphatic rings. The van der Waals surface area contributed by atoms with Crippen LogP contribution in [0.25, 0.3) is 0 Å². The van der Waals surface area contributed by atoms with E-state index < -0.39 is 5.97 Å². The second-order valence-electron chi connectivity index (χ2n) is 4.17. The molecule has 0 aliphatic carbocycles. The maximum absolute atomic E-state index is 11.8. The third-order valence-corrected chi connectivity index (χ3v) is 2.51. The summed E-state index contributed by atoms with van der Waals surface area (Å²) in [5.41, 5.74) is 6.69. The van der Waals surface area contributed by atoms with Crippen LogP contribution in [0.1, 0.15) is 22.5 Å². The van der Waals surface area contributed by atoms with Crippen molar-refractivity contribution in [1.82, 2.24) is 10.3 Å². The van der Waals surface area contributed by atoms with Crippen molar-refractivity contribution < 1.29 is 19.1 Å². The van der Waals surface area contributed by atoms with Gasteiger partial charge in [-0.3, -0.25) is 9.78 Å². The monoisotopic (exact) mass is 281 g/mol. The minimum Gasteiger partial charge on any atom is -0.452 e. The SMILES string of the molecule is COCCCNC(=O)COC(=O)c1cc(N)cnc1C. The van der Waals surface area contributed by atoms with Crippen LogP contribution >= 0.6 is 0 Å². The summed E-state index contributed by atoms with van der Waals surface area (Å²) in [4.78, 5) is 27.2. The zero-order chi connectivity index (χ0) is 15.0. The average Bonchev–Trinajstić information content (AvgIpc) is 2.43. The molecule has 0 saturated carbocycles. The number of pyridine rings is 1. The molecular weight excluding hydrogens is 262 g/mol. The van der Waals surface area contributed by atoms with Gasteiger partial charge in [-0.15, -0.1) is 0 Å². The number of amides is 1. The molecule has 1 aromatic heterocycles. The van der Waals surface area contributed by atoms with Gasteiger partial charge in [-0.2, -0.15) is 0 Å². The number of esters is 1. The highest BCUT2D eigenvalue weighted by Crippen LogP contribution is 2.10. The third-order valence-electron chi connectivity index (χ3n) is 2.51. The molecule has 0 radical (unpaired) electrons. The van der Waals surface area contributed by atoms with E-state index in [0.717, 1.165) is 0 Å². The number of nitrogens with zero attached hydrogens (tertiary/aromatic N) is 1. The van der Waals surface area contributed by atoms with Gasteiger partial charge in [0.15, 0.2) is 6.61 Å². The number of aryl methyl sites for hydroxylation is 1. The number of aromatic nitrogens is 1. The van der Waals surface area contributed by atoms with Crippen LogP contribution in [-0.4, -0.2) is 43.7 Å². The van der Waals surface area contributed by atoms with E-state index in [4.69, 9.17) is 15.2 Å². The molecule has 1 aromatic rings. The first kappa shape index (κ1) is 15.9. The Hall–Kier alpha value is -2.15. The number of ether oxygens (including phenoxy) is 2. The van der Waals surface area contributed by atoms with Crippen molar-refractivity contribution >= 4 is 17.6 Å². The lowest BCUT2D eigenvalue weighted by molar-refractivity contribution is -0.124. The van der Waals surface area contributed by atoms with Crippen LogP contribution in [-0.2, 0) is 14.3 Å². The van der Waals surface area contributed by atoms with Crippen LogP contribution in [0.4, 0.5) is 5.69 Å². The van der Waals surface area contributed by atoms with Crippen LogP contribution in [0.3, 0.4) is 0 Å². The van der Waals surface area contributed by atoms with Gasteiger partial charge in [-0.25, -0.2) is 4.79 Å². The number of anilines is 1. The lowest BCUT2D eigenvalue weighted by atomic mass is 10.2. The average molecular weight is 281 g/mol. The molecule has 0 bridgehead atoms. The highest BCUT2D eigenvalue weighted by atomic mass is 16.5. The van der Waals surface area contributed by atoms with Crippen LogP contribution in [0.5, 0.6) is 0 Å². The van der Waals surface area contributed by atoms with Gasteiger partial charge in [0.05, 0.1) is 23.1 Å². The van der Waals surface area contributed by atoms with Gasteiger partial charge in [0, 0.05) is 20.3 Å². The van der Waals surface area contributed by atoms with Crippen molar-refractivity contribution in [2.45, 2.75) is 13.3 Å². The molecule has 3 N–H and O–H groups in total. The summed E-state index contributed by atoms with van der Waals surface area (Å²) in [7, 11) is 1.59. The first-order valence-corrected chi connectivity index (χ1v) is 6.19. The zero-order valence-corrected chi connectivity index (χ0v) is 11.6. The maximum Gasteiger partial charge on any atom is 0.340 e. The van der Waals surface area contributed by atoms with Gasteiger partial charge < -0.3 is 20.5 Å². The maximum atomic E-state index is 11.8. The first-order valence-electron chi connectivity index (χ1n) is 6.19. The molecule has 0 atom stereocenters. The molecule has 110 valence electrons. The molecule has 0 spiro atoms. The van der Waals surface area contributed by atoms with Crippen LogP contribution < -0.4 is 11.1 Å². The highest BCUT2D eigenvalue weighted by molar-refractivity contribution is 5.93. The molecule has 0 fully saturated rings. The molecule has 0 unspecified atom stereocenters. The van der Waals surface area contributed by atoms with E-state index in [1.807, 2.05) is 0 Å². The van der Waals surface area contributed by atoms with Gasteiger partial charge in [0.25, 0.3) is 5.91 Å². The second-order valence-corrected chi connectivity index (χ2v) is 4.17. The Morgan fingerprint density at radius 3 is 2.90 bits per heavy atom. The molecule has 1 rings (SSSR count). The van der Waals surface area contributed by atoms with Crippen molar-refractivity contribution in [2.24, 2.45) is 0 Å². The van der Waals surface area contributed by atoms with Gasteiger partial charge in [0.1, 0.15) is 0 Å². The molecule has 7 heteroatoms. The number of hydrogen-bond acceptors (Lipinski definition) is 6. The van der Waals surface area contributed by atoms with Crippen molar-refractivity contribution in [3.8, 4) is 0 Å². The lowest BCUT2D eigenvalue weighted by Gasteiger charge is -2.08. The van der Waals surface area contributed by atoms with Crippen LogP contribution in [0.15, 0.2) is 12.3 Å². The molecule has 1 heterocycles. The number of nitrogens with two attached hydrogens (primary N) is 1. The summed E-state index contributed by atoms with van der Waals surface area (Å²) in [6, 6.07) is 1.47. The topological polar surface area (TPSA) is 104 Å². The van der Waals surface area contributed by atoms with Gasteiger partial charge in [-0.1, -0.05) is 0 Å². The predicted molar refractivity (Wildman–Crippen MR) is 73.2 cm³/mol. The van der Waals surface area contributed by atoms with E-state index in [2.05, 4.69) is 10.3 Å². The Balaban J connectivity index is 2.39. The molecule has 0 saturated heterocycles. The molecule has 1 amide bonds. The molecule has 0 aliphatic heterocycles. The minimum atomic E-state index is -0.616. The molecular formula is C13H19N3O4. The lowest BCUT2D eigenvalue weighted by Crippen LogP contribution is -2.30. The third kappa shape index (κ3) is 5.23. The Kier molecular flexibility index (Phi) is 6.45. The number of rotatable bonds is 7. The van der Waals surface area contributed by atoms with Crippen molar-refractivity contribution in [3.63, 3.8) is 0 Å². The van der Waals surface area contributed by atoms with Gasteiger partial charge >= 0.3 is 5.97 Å². The summed E-state index contributed by atoms with van der Waals surface area (Å²) >= 11 is 0. The second kappa shape index (κ2) is 8.11. The number of carbonyl (C=O) groups excluding carboxylic acids is 2. The van der Waals surface area contributed by atoms with Crippen LogP contribution in [0, 0.1) is 6.92 Å². The molecule has 20 heavy (non-hydrogen) atoms. The fourth-order valence-electron chi connectivity index (χ4n) is 1.46. The summed E-state index contributed by atoms with van der Waals surface area (Å²) < 4.78 is 9.75. The predicted octanol–water partition coefficient (Wildman–Crippen LogP) is 0.282. The first-order chi connectivity index (χ1) is 9.54. The molecule has 7 nitrogen and oxygen atoms in total. The van der Waals surface area contributed by atoms with E-state index in [9.17, 15) is 9.59 Å². The van der Waals surface area contributed by atoms with Crippen LogP contribution in [0.2, 0.25) is 0 Å². The normalized spacial score (nSPS) is 10.1. The quantitative estimate of drug-likeness (QED) is 0.549. The number of methoxy groups -OCH3 is 1. The summed E-state index contributed by atoms with van der Waals surface area (Å²) in [6.07, 6.45) is 2.16. The summed E-state index contributed by atoms with van der Waals surface area (Å²) in [5, 5.41) is 2.61.